The number of nitrogens with zero attached hydrogens (tertiary/aromatic N) is 2. The highest BCUT2D eigenvalue weighted by Crippen LogP contribution is 2.29. The number of nitro groups is 1. The van der Waals surface area contributed by atoms with Crippen LogP contribution in [0.4, 0.5) is 11.4 Å². The molecule has 0 spiro atoms. The van der Waals surface area contributed by atoms with Crippen LogP contribution in [0.5, 0.6) is 0 Å². The lowest BCUT2D eigenvalue weighted by molar-refractivity contribution is -0.384. The Kier molecular flexibility index (Phi) is 6.91. The molecule has 0 atom stereocenters. The van der Waals surface area contributed by atoms with Gasteiger partial charge in [0.25, 0.3) is 11.6 Å². The maximum absolute atomic E-state index is 13.0. The first-order valence-corrected chi connectivity index (χ1v) is 11.5. The Morgan fingerprint density at radius 3 is 2.55 bits per heavy atom. The summed E-state index contributed by atoms with van der Waals surface area (Å²) in [6.07, 6.45) is 1.98. The minimum Gasteiger partial charge on any atom is -0.371 e. The zero-order chi connectivity index (χ0) is 22.6. The molecule has 9 nitrogen and oxygen atoms in total. The second-order valence-corrected chi connectivity index (χ2v) is 9.55. The highest BCUT2D eigenvalue weighted by atomic mass is 32.2. The quantitative estimate of drug-likeness (QED) is 0.498. The highest BCUT2D eigenvalue weighted by Gasteiger charge is 2.23. The van der Waals surface area contributed by atoms with E-state index in [1.807, 2.05) is 0 Å². The molecule has 2 aromatic carbocycles. The Hall–Kier alpha value is -2.98. The third kappa shape index (κ3) is 5.39. The molecule has 2 aromatic rings. The van der Waals surface area contributed by atoms with Crippen LogP contribution in [0, 0.1) is 16.0 Å². The molecular formula is C21H26N4O5S. The van der Waals surface area contributed by atoms with Gasteiger partial charge in [0.05, 0.1) is 21.1 Å². The van der Waals surface area contributed by atoms with Gasteiger partial charge < -0.3 is 10.2 Å². The van der Waals surface area contributed by atoms with Crippen molar-refractivity contribution in [1.82, 2.24) is 10.0 Å². The van der Waals surface area contributed by atoms with Crippen LogP contribution in [-0.2, 0) is 16.6 Å². The molecule has 0 aliphatic carbocycles. The average Bonchev–Trinajstić information content (AvgIpc) is 2.77. The van der Waals surface area contributed by atoms with Crippen molar-refractivity contribution in [1.29, 1.82) is 0 Å². The predicted octanol–water partition coefficient (Wildman–Crippen LogP) is 2.67. The molecule has 0 bridgehead atoms. The molecular weight excluding hydrogens is 420 g/mol. The van der Waals surface area contributed by atoms with Gasteiger partial charge in [0, 0.05) is 31.8 Å². The number of hydrogen-bond donors (Lipinski definition) is 2. The summed E-state index contributed by atoms with van der Waals surface area (Å²) in [7, 11) is -2.27. The lowest BCUT2D eigenvalue weighted by atomic mass is 9.98. The number of nitrogens with one attached hydrogen (secondary N) is 2. The van der Waals surface area contributed by atoms with E-state index in [1.165, 1.54) is 31.3 Å². The number of carbonyl (C=O) groups excluding carboxylic acids is 1. The minimum absolute atomic E-state index is 0.0884. The van der Waals surface area contributed by atoms with Crippen LogP contribution in [0.3, 0.4) is 0 Å². The number of carbonyl (C=O) groups is 1. The van der Waals surface area contributed by atoms with Gasteiger partial charge in [-0.05, 0) is 49.6 Å². The molecule has 0 saturated carbocycles. The van der Waals surface area contributed by atoms with Gasteiger partial charge in [-0.2, -0.15) is 0 Å². The van der Waals surface area contributed by atoms with Crippen molar-refractivity contribution >= 4 is 27.3 Å². The molecule has 31 heavy (non-hydrogen) atoms. The fraction of sp³-hybridized carbons (Fsp3) is 0.381. The molecule has 1 heterocycles. The number of nitro benzene ring substituents is 1. The minimum atomic E-state index is -3.60. The van der Waals surface area contributed by atoms with Gasteiger partial charge in [0.15, 0.2) is 0 Å². The number of amides is 1. The summed E-state index contributed by atoms with van der Waals surface area (Å²) < 4.78 is 26.2. The Balaban J connectivity index is 1.83. The van der Waals surface area contributed by atoms with Crippen molar-refractivity contribution in [2.24, 2.45) is 5.92 Å². The molecule has 0 unspecified atom stereocenters. The first-order chi connectivity index (χ1) is 14.7. The standard InChI is InChI=1S/C21H26N4O5S/c1-15-8-10-24(11-9-15)20-7-6-17(25(27)28)13-19(20)21(26)23-14-16-4-3-5-18(12-16)31(29,30)22-2/h3-7,12-13,15,22H,8-11,14H2,1-2H3,(H,23,26). The van der Waals surface area contributed by atoms with E-state index in [1.54, 1.807) is 18.2 Å². The van der Waals surface area contributed by atoms with Crippen LogP contribution in [0.2, 0.25) is 0 Å². The largest absolute Gasteiger partial charge is 0.371 e. The van der Waals surface area contributed by atoms with E-state index in [9.17, 15) is 23.3 Å². The van der Waals surface area contributed by atoms with E-state index in [0.717, 1.165) is 25.9 Å². The summed E-state index contributed by atoms with van der Waals surface area (Å²) >= 11 is 0. The topological polar surface area (TPSA) is 122 Å². The van der Waals surface area contributed by atoms with E-state index in [2.05, 4.69) is 21.9 Å². The van der Waals surface area contributed by atoms with Crippen molar-refractivity contribution in [2.75, 3.05) is 25.0 Å². The van der Waals surface area contributed by atoms with Crippen LogP contribution in [0.25, 0.3) is 0 Å². The molecule has 166 valence electrons. The normalized spacial score (nSPS) is 15.0. The number of hydrogen-bond acceptors (Lipinski definition) is 6. The Labute approximate surface area is 181 Å². The first-order valence-electron chi connectivity index (χ1n) is 10.1. The lowest BCUT2D eigenvalue weighted by Crippen LogP contribution is -2.35. The van der Waals surface area contributed by atoms with Gasteiger partial charge in [0.2, 0.25) is 10.0 Å². The SMILES string of the molecule is CNS(=O)(=O)c1cccc(CNC(=O)c2cc([N+](=O)[O-])ccc2N2CCC(C)CC2)c1. The maximum Gasteiger partial charge on any atom is 0.270 e. The summed E-state index contributed by atoms with van der Waals surface area (Å²) in [6, 6.07) is 10.6. The van der Waals surface area contributed by atoms with Crippen molar-refractivity contribution in [3.8, 4) is 0 Å². The van der Waals surface area contributed by atoms with Gasteiger partial charge >= 0.3 is 0 Å². The van der Waals surface area contributed by atoms with Crippen molar-refractivity contribution in [2.45, 2.75) is 31.2 Å². The van der Waals surface area contributed by atoms with Gasteiger partial charge in [-0.3, -0.25) is 14.9 Å². The lowest BCUT2D eigenvalue weighted by Gasteiger charge is -2.33. The number of non-ortho nitro benzene ring substituents is 1. The fourth-order valence-electron chi connectivity index (χ4n) is 3.56. The van der Waals surface area contributed by atoms with E-state index < -0.39 is 20.9 Å². The highest BCUT2D eigenvalue weighted by molar-refractivity contribution is 7.89. The van der Waals surface area contributed by atoms with Crippen molar-refractivity contribution < 1.29 is 18.1 Å². The number of benzene rings is 2. The van der Waals surface area contributed by atoms with Crippen molar-refractivity contribution in [3.05, 3.63) is 63.7 Å². The number of sulfonamides is 1. The zero-order valence-corrected chi connectivity index (χ0v) is 18.3. The molecule has 1 fully saturated rings. The Bertz CT molecular complexity index is 1080. The third-order valence-corrected chi connectivity index (χ3v) is 6.90. The van der Waals surface area contributed by atoms with E-state index in [0.29, 0.717) is 17.2 Å². The molecule has 1 saturated heterocycles. The maximum atomic E-state index is 13.0. The van der Waals surface area contributed by atoms with E-state index in [4.69, 9.17) is 0 Å². The number of rotatable bonds is 7. The summed E-state index contributed by atoms with van der Waals surface area (Å²) in [5, 5.41) is 14.0. The molecule has 1 amide bonds. The monoisotopic (exact) mass is 446 g/mol. The van der Waals surface area contributed by atoms with Crippen LogP contribution < -0.4 is 14.9 Å². The molecule has 2 N–H and O–H groups in total. The van der Waals surface area contributed by atoms with Crippen LogP contribution in [0.15, 0.2) is 47.4 Å². The Morgan fingerprint density at radius 1 is 1.19 bits per heavy atom. The first kappa shape index (κ1) is 22.7. The summed E-state index contributed by atoms with van der Waals surface area (Å²) in [5.74, 6) is 0.159. The zero-order valence-electron chi connectivity index (χ0n) is 17.5. The molecule has 0 aromatic heterocycles. The molecule has 1 aliphatic rings. The summed E-state index contributed by atoms with van der Waals surface area (Å²) in [6.45, 7) is 3.83. The molecule has 10 heteroatoms. The summed E-state index contributed by atoms with van der Waals surface area (Å²) in [5.41, 5.74) is 1.36. The number of anilines is 1. The number of piperidine rings is 1. The van der Waals surface area contributed by atoms with Gasteiger partial charge in [-0.15, -0.1) is 0 Å². The van der Waals surface area contributed by atoms with Crippen LogP contribution in [-0.4, -0.2) is 39.4 Å². The molecule has 3 rings (SSSR count). The molecule has 0 radical (unpaired) electrons. The average molecular weight is 447 g/mol. The second kappa shape index (κ2) is 9.44. The van der Waals surface area contributed by atoms with E-state index >= 15 is 0 Å². The van der Waals surface area contributed by atoms with Gasteiger partial charge in [0.1, 0.15) is 0 Å². The van der Waals surface area contributed by atoms with Gasteiger partial charge in [-0.1, -0.05) is 19.1 Å². The Morgan fingerprint density at radius 2 is 1.90 bits per heavy atom. The second-order valence-electron chi connectivity index (χ2n) is 7.67. The third-order valence-electron chi connectivity index (χ3n) is 5.49. The molecule has 1 aliphatic heterocycles. The van der Waals surface area contributed by atoms with E-state index in [-0.39, 0.29) is 22.7 Å². The smallest absolute Gasteiger partial charge is 0.270 e. The van der Waals surface area contributed by atoms with Crippen LogP contribution >= 0.6 is 0 Å². The van der Waals surface area contributed by atoms with Crippen molar-refractivity contribution in [3.63, 3.8) is 0 Å². The van der Waals surface area contributed by atoms with Gasteiger partial charge in [-0.25, -0.2) is 13.1 Å². The fourth-order valence-corrected chi connectivity index (χ4v) is 4.36. The summed E-state index contributed by atoms with van der Waals surface area (Å²) in [4.78, 5) is 25.9. The van der Waals surface area contributed by atoms with Crippen LogP contribution in [0.1, 0.15) is 35.7 Å². The predicted molar refractivity (Wildman–Crippen MR) is 118 cm³/mol.